The van der Waals surface area contributed by atoms with Gasteiger partial charge >= 0.3 is 5.51 Å². The monoisotopic (exact) mass is 288 g/mol. The molecule has 1 heterocycles. The summed E-state index contributed by atoms with van der Waals surface area (Å²) in [6, 6.07) is 0. The van der Waals surface area contributed by atoms with Crippen LogP contribution in [-0.4, -0.2) is 42.9 Å². The Morgan fingerprint density at radius 1 is 1.39 bits per heavy atom. The summed E-state index contributed by atoms with van der Waals surface area (Å²) in [6.07, 6.45) is 8.50. The van der Waals surface area contributed by atoms with Crippen molar-refractivity contribution in [3.63, 3.8) is 0 Å². The summed E-state index contributed by atoms with van der Waals surface area (Å²) in [7, 11) is -3.92. The third-order valence-corrected chi connectivity index (χ3v) is 2.67. The minimum Gasteiger partial charge on any atom is -0.741 e. The summed E-state index contributed by atoms with van der Waals surface area (Å²) >= 11 is 0. The molecule has 1 unspecified atom stereocenters. The van der Waals surface area contributed by atoms with E-state index in [4.69, 9.17) is 13.0 Å². The molecule has 0 N–H and O–H groups in total. The first-order valence-corrected chi connectivity index (χ1v) is 6.52. The largest absolute Gasteiger partial charge is 0.741 e. The molecule has 0 fully saturated rings. The predicted molar refractivity (Wildman–Crippen MR) is 59.3 cm³/mol. The van der Waals surface area contributed by atoms with Gasteiger partial charge in [-0.1, -0.05) is 13.3 Å². The van der Waals surface area contributed by atoms with E-state index in [0.717, 1.165) is 4.48 Å². The molecule has 0 spiro atoms. The van der Waals surface area contributed by atoms with Crippen LogP contribution >= 0.6 is 0 Å². The molecule has 0 aromatic rings. The van der Waals surface area contributed by atoms with Crippen LogP contribution in [0.25, 0.3) is 0 Å². The van der Waals surface area contributed by atoms with Crippen LogP contribution in [0, 0.1) is 0 Å². The van der Waals surface area contributed by atoms with E-state index in [0.29, 0.717) is 0 Å². The van der Waals surface area contributed by atoms with Crippen molar-refractivity contribution in [2.45, 2.75) is 25.3 Å². The maximum atomic E-state index is 10.7. The zero-order valence-electron chi connectivity index (χ0n) is 10.0. The predicted octanol–water partition coefficient (Wildman–Crippen LogP) is 1.80. The highest BCUT2D eigenvalue weighted by Gasteiger charge is 2.36. The van der Waals surface area contributed by atoms with Crippen molar-refractivity contribution in [2.24, 2.45) is 4.99 Å². The Morgan fingerprint density at radius 2 is 1.89 bits per heavy atom. The lowest BCUT2D eigenvalue weighted by Crippen LogP contribution is -2.35. The van der Waals surface area contributed by atoms with E-state index in [-0.39, 0.29) is 0 Å². The van der Waals surface area contributed by atoms with Crippen LogP contribution in [0.1, 0.15) is 19.8 Å². The topological polar surface area (TPSA) is 69.6 Å². The second-order valence-electron chi connectivity index (χ2n) is 3.89. The molecule has 1 atom stereocenters. The van der Waals surface area contributed by atoms with Crippen LogP contribution in [0.3, 0.4) is 0 Å². The minimum absolute atomic E-state index is 0.883. The summed E-state index contributed by atoms with van der Waals surface area (Å²) in [5, 5.41) is 0. The summed E-state index contributed by atoms with van der Waals surface area (Å²) in [5.41, 5.74) is -5.65. The number of nitrogens with zero attached hydrogens (tertiary/aromatic N) is 2. The summed E-state index contributed by atoms with van der Waals surface area (Å²) in [6.45, 7) is 3.39. The van der Waals surface area contributed by atoms with E-state index in [2.05, 4.69) is 25.2 Å². The summed E-state index contributed by atoms with van der Waals surface area (Å²) in [4.78, 5) is 4.06. The van der Waals surface area contributed by atoms with Crippen molar-refractivity contribution in [1.29, 1.82) is 0 Å². The molecule has 5 nitrogen and oxygen atoms in total. The van der Waals surface area contributed by atoms with Gasteiger partial charge in [-0.05, 0) is 6.42 Å². The van der Waals surface area contributed by atoms with Crippen LogP contribution in [0.2, 0.25) is 0 Å². The van der Waals surface area contributed by atoms with Crippen LogP contribution in [0.5, 0.6) is 0 Å². The molecule has 0 radical (unpaired) electrons. The fraction of sp³-hybridized carbons (Fsp3) is 0.667. The number of quaternary nitrogens is 1. The average Bonchev–Trinajstić information content (AvgIpc) is 2.61. The second-order valence-corrected chi connectivity index (χ2v) is 5.26. The molecule has 9 heteroatoms. The molecule has 1 aliphatic heterocycles. The molecule has 0 aromatic heterocycles. The number of unbranched alkanes of at least 4 members (excludes halogenated alkanes) is 1. The number of rotatable bonds is 3. The third kappa shape index (κ3) is 6.12. The van der Waals surface area contributed by atoms with Gasteiger partial charge in [-0.2, -0.15) is 13.2 Å². The maximum absolute atomic E-state index is 10.7. The molecule has 1 aliphatic rings. The number of aliphatic imine (C=N–C) groups is 1. The van der Waals surface area contributed by atoms with Crippen molar-refractivity contribution >= 4 is 16.5 Å². The Hall–Kier alpha value is -0.930. The van der Waals surface area contributed by atoms with E-state index in [1.807, 2.05) is 12.5 Å². The Morgan fingerprint density at radius 3 is 2.17 bits per heavy atom. The van der Waals surface area contributed by atoms with E-state index in [1.54, 1.807) is 0 Å². The molecule has 0 saturated heterocycles. The van der Waals surface area contributed by atoms with Gasteiger partial charge in [0.15, 0.2) is 16.5 Å². The highest BCUT2D eigenvalue weighted by atomic mass is 32.2. The molecule has 0 amide bonds. The van der Waals surface area contributed by atoms with Gasteiger partial charge < -0.3 is 4.55 Å². The van der Waals surface area contributed by atoms with Crippen LogP contribution < -0.4 is 0 Å². The Bertz CT molecular complexity index is 403. The third-order valence-electron chi connectivity index (χ3n) is 2.10. The van der Waals surface area contributed by atoms with Gasteiger partial charge in [0, 0.05) is 0 Å². The van der Waals surface area contributed by atoms with Crippen molar-refractivity contribution < 1.29 is 30.6 Å². The number of halogens is 3. The quantitative estimate of drug-likeness (QED) is 0.451. The minimum atomic E-state index is -6.09. The number of hydrogen-bond donors (Lipinski definition) is 0. The van der Waals surface area contributed by atoms with Crippen molar-refractivity contribution in [2.75, 3.05) is 13.6 Å². The number of hydrogen-bond acceptors (Lipinski definition) is 4. The lowest BCUT2D eigenvalue weighted by atomic mass is 10.3. The highest BCUT2D eigenvalue weighted by molar-refractivity contribution is 7.86. The number of alkyl halides is 3. The smallest absolute Gasteiger partial charge is 0.485 e. The van der Waals surface area contributed by atoms with Gasteiger partial charge in [-0.25, -0.2) is 13.4 Å². The summed E-state index contributed by atoms with van der Waals surface area (Å²) < 4.78 is 59.8. The van der Waals surface area contributed by atoms with Crippen molar-refractivity contribution in [3.8, 4) is 0 Å². The van der Waals surface area contributed by atoms with Gasteiger partial charge in [0.05, 0.1) is 19.8 Å². The van der Waals surface area contributed by atoms with E-state index in [9.17, 15) is 13.2 Å². The van der Waals surface area contributed by atoms with Gasteiger partial charge in [-0.3, -0.25) is 4.48 Å². The Balaban J connectivity index is 0.000000331. The van der Waals surface area contributed by atoms with Gasteiger partial charge in [0.1, 0.15) is 6.20 Å². The lowest BCUT2D eigenvalue weighted by molar-refractivity contribution is -0.756. The molecule has 0 bridgehead atoms. The van der Waals surface area contributed by atoms with Gasteiger partial charge in [0.2, 0.25) is 0 Å². The Labute approximate surface area is 104 Å². The highest BCUT2D eigenvalue weighted by Crippen LogP contribution is 2.20. The standard InChI is InChI=1S/C8H15N2.CHF3O3S/c1-3-4-6-10(2)7-5-9-8-10;2-1(3,4)8(5,6)7/h5,7-8H,3-4,6H2,1-2H3;(H,5,6,7)/q+1;/p-1. The first-order chi connectivity index (χ1) is 8.02. The normalized spacial score (nSPS) is 22.8. The zero-order chi connectivity index (χ0) is 14.4. The molecule has 0 aliphatic carbocycles. The van der Waals surface area contributed by atoms with Crippen LogP contribution in [0.15, 0.2) is 17.4 Å². The first-order valence-electron chi connectivity index (χ1n) is 5.11. The van der Waals surface area contributed by atoms with Gasteiger partial charge in [-0.15, -0.1) is 0 Å². The molecule has 1 rings (SSSR count). The van der Waals surface area contributed by atoms with E-state index in [1.165, 1.54) is 19.4 Å². The average molecular weight is 288 g/mol. The molecular formula is C9H15F3N2O3S. The molecular weight excluding hydrogens is 273 g/mol. The fourth-order valence-corrected chi connectivity index (χ4v) is 1.05. The molecule has 18 heavy (non-hydrogen) atoms. The summed E-state index contributed by atoms with van der Waals surface area (Å²) in [5.74, 6) is 0. The lowest BCUT2D eigenvalue weighted by Gasteiger charge is -2.20. The zero-order valence-corrected chi connectivity index (χ0v) is 10.8. The van der Waals surface area contributed by atoms with Crippen LogP contribution in [-0.2, 0) is 10.1 Å². The Kier molecular flexibility index (Phi) is 5.97. The molecule has 106 valence electrons. The molecule has 0 saturated carbocycles. The first kappa shape index (κ1) is 17.1. The van der Waals surface area contributed by atoms with E-state index < -0.39 is 15.6 Å². The SMILES string of the molecule is CCCC[N+]1(C)C=CN=C1.O=S(=O)([O-])C(F)(F)F. The fourth-order valence-electron chi connectivity index (χ4n) is 1.05. The van der Waals surface area contributed by atoms with Crippen molar-refractivity contribution in [1.82, 2.24) is 0 Å². The van der Waals surface area contributed by atoms with Gasteiger partial charge in [0.25, 0.3) is 0 Å². The maximum Gasteiger partial charge on any atom is 0.485 e. The van der Waals surface area contributed by atoms with Crippen LogP contribution in [0.4, 0.5) is 13.2 Å². The van der Waals surface area contributed by atoms with E-state index >= 15 is 0 Å². The van der Waals surface area contributed by atoms with Crippen molar-refractivity contribution in [3.05, 3.63) is 12.4 Å². The second kappa shape index (κ2) is 6.30. The molecule has 0 aromatic carbocycles.